The minimum absolute atomic E-state index is 0.0516. The van der Waals surface area contributed by atoms with Gasteiger partial charge in [0.25, 0.3) is 0 Å². The summed E-state index contributed by atoms with van der Waals surface area (Å²) < 4.78 is 4.98. The van der Waals surface area contributed by atoms with Gasteiger partial charge < -0.3 is 4.74 Å². The lowest BCUT2D eigenvalue weighted by Gasteiger charge is -2.29. The van der Waals surface area contributed by atoms with E-state index in [2.05, 4.69) is 13.8 Å². The second kappa shape index (κ2) is 7.68. The molecule has 1 saturated carbocycles. The number of hydrogen-bond acceptors (Lipinski definition) is 5. The molecule has 0 unspecified atom stereocenters. The Morgan fingerprint density at radius 1 is 1.42 bits per heavy atom. The van der Waals surface area contributed by atoms with E-state index in [0.29, 0.717) is 18.1 Å². The van der Waals surface area contributed by atoms with Crippen LogP contribution in [0.2, 0.25) is 0 Å². The highest BCUT2D eigenvalue weighted by atomic mass is 32.2. The molecule has 0 spiro atoms. The Hall–Kier alpha value is -0.840. The summed E-state index contributed by atoms with van der Waals surface area (Å²) in [4.78, 5) is 35.4. The normalized spacial score (nSPS) is 25.2. The molecular weight excluding hydrogens is 264 g/mol. The molecule has 0 aliphatic heterocycles. The largest absolute Gasteiger partial charge is 0.465 e. The van der Waals surface area contributed by atoms with E-state index in [4.69, 9.17) is 4.74 Å². The number of hydrogen-bond donors (Lipinski definition) is 0. The quantitative estimate of drug-likeness (QED) is 0.553. The summed E-state index contributed by atoms with van der Waals surface area (Å²) >= 11 is 1.78. The van der Waals surface area contributed by atoms with E-state index in [9.17, 15) is 14.4 Å². The van der Waals surface area contributed by atoms with Gasteiger partial charge in [-0.3, -0.25) is 14.4 Å². The summed E-state index contributed by atoms with van der Waals surface area (Å²) in [6.07, 6.45) is 0.915. The van der Waals surface area contributed by atoms with Crippen molar-refractivity contribution < 1.29 is 19.1 Å². The molecule has 5 heteroatoms. The van der Waals surface area contributed by atoms with Crippen molar-refractivity contribution in [3.63, 3.8) is 0 Å². The number of ketones is 2. The Balaban J connectivity index is 2.78. The monoisotopic (exact) mass is 286 g/mol. The van der Waals surface area contributed by atoms with E-state index < -0.39 is 11.9 Å². The van der Waals surface area contributed by atoms with Crippen molar-refractivity contribution in [1.82, 2.24) is 0 Å². The molecule has 0 amide bonds. The first-order chi connectivity index (χ1) is 8.99. The van der Waals surface area contributed by atoms with Gasteiger partial charge >= 0.3 is 5.97 Å². The predicted molar refractivity (Wildman–Crippen MR) is 75.1 cm³/mol. The molecule has 0 saturated heterocycles. The van der Waals surface area contributed by atoms with E-state index in [1.54, 1.807) is 18.7 Å². The topological polar surface area (TPSA) is 60.4 Å². The van der Waals surface area contributed by atoms with E-state index >= 15 is 0 Å². The molecule has 0 radical (unpaired) electrons. The van der Waals surface area contributed by atoms with Gasteiger partial charge in [0.15, 0.2) is 5.78 Å². The third kappa shape index (κ3) is 4.64. The second-order valence-electron chi connectivity index (χ2n) is 4.88. The van der Waals surface area contributed by atoms with Gasteiger partial charge in [0.2, 0.25) is 0 Å². The molecule has 3 atom stereocenters. The van der Waals surface area contributed by atoms with Crippen molar-refractivity contribution >= 4 is 29.3 Å². The number of carbonyl (C=O) groups is 3. The smallest absolute Gasteiger partial charge is 0.316 e. The van der Waals surface area contributed by atoms with Crippen LogP contribution in [0.5, 0.6) is 0 Å². The third-order valence-corrected chi connectivity index (χ3v) is 4.40. The second-order valence-corrected chi connectivity index (χ2v) is 6.59. The standard InChI is InChI=1S/C14H22O4S/c1-4-18-14(17)13-10(6-9(3)19-5-2)7-11(15)8-12(13)16/h9-10,13H,4-8H2,1-3H3/t9-,10+,13-/m0/s1. The Bertz CT molecular complexity index is 353. The van der Waals surface area contributed by atoms with Crippen LogP contribution in [-0.2, 0) is 19.1 Å². The van der Waals surface area contributed by atoms with Crippen LogP contribution in [0.25, 0.3) is 0 Å². The molecule has 108 valence electrons. The maximum absolute atomic E-state index is 11.9. The molecule has 19 heavy (non-hydrogen) atoms. The van der Waals surface area contributed by atoms with Crippen LogP contribution in [0.1, 0.15) is 40.0 Å². The molecule has 0 N–H and O–H groups in total. The van der Waals surface area contributed by atoms with Gasteiger partial charge in [-0.05, 0) is 25.0 Å². The van der Waals surface area contributed by atoms with Crippen LogP contribution in [0.4, 0.5) is 0 Å². The fourth-order valence-corrected chi connectivity index (χ4v) is 3.56. The van der Waals surface area contributed by atoms with E-state index in [-0.39, 0.29) is 30.5 Å². The molecule has 0 aromatic carbocycles. The van der Waals surface area contributed by atoms with Crippen LogP contribution >= 0.6 is 11.8 Å². The lowest BCUT2D eigenvalue weighted by atomic mass is 9.75. The Kier molecular flexibility index (Phi) is 6.55. The molecule has 1 aliphatic rings. The lowest BCUT2D eigenvalue weighted by molar-refractivity contribution is -0.156. The molecule has 1 fully saturated rings. The molecular formula is C14H22O4S. The zero-order chi connectivity index (χ0) is 14.4. The van der Waals surface area contributed by atoms with Gasteiger partial charge in [0.1, 0.15) is 11.7 Å². The van der Waals surface area contributed by atoms with Crippen LogP contribution in [0, 0.1) is 11.8 Å². The summed E-state index contributed by atoms with van der Waals surface area (Å²) in [6, 6.07) is 0. The zero-order valence-corrected chi connectivity index (χ0v) is 12.6. The van der Waals surface area contributed by atoms with Crippen LogP contribution in [-0.4, -0.2) is 35.1 Å². The molecule has 4 nitrogen and oxygen atoms in total. The van der Waals surface area contributed by atoms with Crippen molar-refractivity contribution in [2.75, 3.05) is 12.4 Å². The summed E-state index contributed by atoms with van der Waals surface area (Å²) in [7, 11) is 0. The molecule has 0 heterocycles. The number of esters is 1. The summed E-state index contributed by atoms with van der Waals surface area (Å²) in [5.41, 5.74) is 0. The molecule has 0 bridgehead atoms. The number of ether oxygens (including phenoxy) is 1. The maximum atomic E-state index is 11.9. The Morgan fingerprint density at radius 3 is 2.68 bits per heavy atom. The lowest BCUT2D eigenvalue weighted by Crippen LogP contribution is -2.40. The highest BCUT2D eigenvalue weighted by Crippen LogP contribution is 2.33. The highest BCUT2D eigenvalue weighted by Gasteiger charge is 2.41. The average molecular weight is 286 g/mol. The molecule has 0 aromatic rings. The fourth-order valence-electron chi connectivity index (χ4n) is 2.60. The van der Waals surface area contributed by atoms with Crippen molar-refractivity contribution in [2.45, 2.75) is 45.3 Å². The van der Waals surface area contributed by atoms with Crippen molar-refractivity contribution in [3.05, 3.63) is 0 Å². The zero-order valence-electron chi connectivity index (χ0n) is 11.8. The van der Waals surface area contributed by atoms with Crippen molar-refractivity contribution in [1.29, 1.82) is 0 Å². The molecule has 1 rings (SSSR count). The van der Waals surface area contributed by atoms with Crippen molar-refractivity contribution in [2.24, 2.45) is 11.8 Å². The van der Waals surface area contributed by atoms with E-state index in [1.165, 1.54) is 0 Å². The number of carbonyl (C=O) groups excluding carboxylic acids is 3. The van der Waals surface area contributed by atoms with Gasteiger partial charge in [-0.15, -0.1) is 0 Å². The van der Waals surface area contributed by atoms with Crippen LogP contribution < -0.4 is 0 Å². The first kappa shape index (κ1) is 16.2. The number of rotatable bonds is 6. The van der Waals surface area contributed by atoms with Crippen LogP contribution in [0.3, 0.4) is 0 Å². The van der Waals surface area contributed by atoms with Gasteiger partial charge in [-0.25, -0.2) is 0 Å². The van der Waals surface area contributed by atoms with E-state index in [1.807, 2.05) is 0 Å². The number of Topliss-reactive ketones (excluding diaryl/α,β-unsaturated/α-hetero) is 2. The van der Waals surface area contributed by atoms with E-state index in [0.717, 1.165) is 5.75 Å². The Labute approximate surface area is 118 Å². The highest BCUT2D eigenvalue weighted by molar-refractivity contribution is 7.99. The Morgan fingerprint density at radius 2 is 2.11 bits per heavy atom. The van der Waals surface area contributed by atoms with Gasteiger partial charge in [0.05, 0.1) is 13.0 Å². The number of thioether (sulfide) groups is 1. The minimum Gasteiger partial charge on any atom is -0.465 e. The average Bonchev–Trinajstić information content (AvgIpc) is 2.28. The molecule has 0 aromatic heterocycles. The molecule has 1 aliphatic carbocycles. The minimum atomic E-state index is -0.738. The predicted octanol–water partition coefficient (Wildman–Crippen LogP) is 2.25. The first-order valence-electron chi connectivity index (χ1n) is 6.82. The first-order valence-corrected chi connectivity index (χ1v) is 7.87. The van der Waals surface area contributed by atoms with Gasteiger partial charge in [-0.1, -0.05) is 13.8 Å². The van der Waals surface area contributed by atoms with Crippen LogP contribution in [0.15, 0.2) is 0 Å². The van der Waals surface area contributed by atoms with Gasteiger partial charge in [0, 0.05) is 11.7 Å². The third-order valence-electron chi connectivity index (χ3n) is 3.31. The summed E-state index contributed by atoms with van der Waals surface area (Å²) in [5, 5.41) is 0.339. The fraction of sp³-hybridized carbons (Fsp3) is 0.786. The SMILES string of the molecule is CCOC(=O)[C@@H]1C(=O)CC(=O)C[C@H]1C[C@H](C)SCC. The van der Waals surface area contributed by atoms with Crippen molar-refractivity contribution in [3.8, 4) is 0 Å². The maximum Gasteiger partial charge on any atom is 0.316 e. The van der Waals surface area contributed by atoms with Gasteiger partial charge in [-0.2, -0.15) is 11.8 Å². The summed E-state index contributed by atoms with van der Waals surface area (Å²) in [6.45, 7) is 6.13. The summed E-state index contributed by atoms with van der Waals surface area (Å²) in [5.74, 6) is -0.726.